The SMILES string of the molecule is CCn1nc(C)c(Cl)c1CC(N)Cc1cccc(OC)c1. The highest BCUT2D eigenvalue weighted by Crippen LogP contribution is 2.22. The minimum atomic E-state index is -0.00370. The minimum absolute atomic E-state index is 0.00370. The van der Waals surface area contributed by atoms with Gasteiger partial charge in [0.25, 0.3) is 0 Å². The Balaban J connectivity index is 2.09. The van der Waals surface area contributed by atoms with Crippen molar-refractivity contribution >= 4 is 11.6 Å². The van der Waals surface area contributed by atoms with Crippen LogP contribution in [0.2, 0.25) is 5.02 Å². The van der Waals surface area contributed by atoms with Gasteiger partial charge in [-0.1, -0.05) is 23.7 Å². The van der Waals surface area contributed by atoms with Crippen LogP contribution >= 0.6 is 11.6 Å². The lowest BCUT2D eigenvalue weighted by Gasteiger charge is -2.14. The molecule has 2 N–H and O–H groups in total. The van der Waals surface area contributed by atoms with Crippen molar-refractivity contribution in [2.75, 3.05) is 7.11 Å². The number of aryl methyl sites for hydroxylation is 2. The summed E-state index contributed by atoms with van der Waals surface area (Å²) in [6.45, 7) is 4.78. The van der Waals surface area contributed by atoms with Crippen molar-refractivity contribution in [2.24, 2.45) is 5.73 Å². The van der Waals surface area contributed by atoms with Crippen molar-refractivity contribution in [3.05, 3.63) is 46.2 Å². The second-order valence-electron chi connectivity index (χ2n) is 5.18. The Morgan fingerprint density at radius 1 is 1.38 bits per heavy atom. The van der Waals surface area contributed by atoms with Crippen LogP contribution in [-0.4, -0.2) is 22.9 Å². The fourth-order valence-corrected chi connectivity index (χ4v) is 2.70. The molecule has 0 amide bonds. The molecule has 5 heteroatoms. The zero-order chi connectivity index (χ0) is 15.4. The van der Waals surface area contributed by atoms with Crippen molar-refractivity contribution in [3.8, 4) is 5.75 Å². The summed E-state index contributed by atoms with van der Waals surface area (Å²) in [4.78, 5) is 0. The molecule has 0 saturated heterocycles. The molecule has 0 aliphatic heterocycles. The third kappa shape index (κ3) is 3.77. The highest BCUT2D eigenvalue weighted by molar-refractivity contribution is 6.31. The van der Waals surface area contributed by atoms with Gasteiger partial charge in [-0.05, 0) is 38.0 Å². The van der Waals surface area contributed by atoms with Crippen molar-refractivity contribution < 1.29 is 4.74 Å². The second kappa shape index (κ2) is 6.96. The summed E-state index contributed by atoms with van der Waals surface area (Å²) >= 11 is 6.33. The Morgan fingerprint density at radius 2 is 2.14 bits per heavy atom. The Hall–Kier alpha value is -1.52. The fraction of sp³-hybridized carbons (Fsp3) is 0.438. The van der Waals surface area contributed by atoms with Gasteiger partial charge in [0.1, 0.15) is 5.75 Å². The van der Waals surface area contributed by atoms with Crippen molar-refractivity contribution in [3.63, 3.8) is 0 Å². The van der Waals surface area contributed by atoms with E-state index in [-0.39, 0.29) is 6.04 Å². The molecule has 1 unspecified atom stereocenters. The van der Waals surface area contributed by atoms with E-state index in [0.29, 0.717) is 6.42 Å². The molecule has 21 heavy (non-hydrogen) atoms. The maximum absolute atomic E-state index is 6.33. The summed E-state index contributed by atoms with van der Waals surface area (Å²) in [6, 6.07) is 7.99. The Labute approximate surface area is 130 Å². The van der Waals surface area contributed by atoms with Crippen LogP contribution in [0.15, 0.2) is 24.3 Å². The third-order valence-corrected chi connectivity index (χ3v) is 4.03. The molecule has 4 nitrogen and oxygen atoms in total. The highest BCUT2D eigenvalue weighted by atomic mass is 35.5. The summed E-state index contributed by atoms with van der Waals surface area (Å²) in [5.41, 5.74) is 9.34. The van der Waals surface area contributed by atoms with Crippen LogP contribution in [0.5, 0.6) is 5.75 Å². The van der Waals surface area contributed by atoms with E-state index >= 15 is 0 Å². The van der Waals surface area contributed by atoms with Gasteiger partial charge in [0.05, 0.1) is 23.5 Å². The van der Waals surface area contributed by atoms with E-state index in [1.807, 2.05) is 29.8 Å². The highest BCUT2D eigenvalue weighted by Gasteiger charge is 2.16. The first-order valence-corrected chi connectivity index (χ1v) is 7.53. The molecule has 2 aromatic rings. The molecule has 0 radical (unpaired) electrons. The molecule has 0 aliphatic rings. The number of ether oxygens (including phenoxy) is 1. The average Bonchev–Trinajstić information content (AvgIpc) is 2.75. The predicted octanol–water partition coefficient (Wildman–Crippen LogP) is 2.99. The first kappa shape index (κ1) is 15.9. The van der Waals surface area contributed by atoms with Crippen LogP contribution in [0.25, 0.3) is 0 Å². The van der Waals surface area contributed by atoms with Crippen LogP contribution in [0.1, 0.15) is 23.9 Å². The predicted molar refractivity (Wildman–Crippen MR) is 86.0 cm³/mol. The van der Waals surface area contributed by atoms with E-state index in [9.17, 15) is 0 Å². The molecular formula is C16H22ClN3O. The Bertz CT molecular complexity index is 610. The van der Waals surface area contributed by atoms with Crippen molar-refractivity contribution in [1.82, 2.24) is 9.78 Å². The van der Waals surface area contributed by atoms with Crippen LogP contribution < -0.4 is 10.5 Å². The molecule has 114 valence electrons. The molecule has 0 aliphatic carbocycles. The number of hydrogen-bond acceptors (Lipinski definition) is 3. The summed E-state index contributed by atoms with van der Waals surface area (Å²) in [5.74, 6) is 0.854. The zero-order valence-electron chi connectivity index (χ0n) is 12.8. The van der Waals surface area contributed by atoms with Gasteiger partial charge < -0.3 is 10.5 Å². The molecule has 1 atom stereocenters. The molecule has 0 bridgehead atoms. The maximum atomic E-state index is 6.33. The van der Waals surface area contributed by atoms with Gasteiger partial charge in [-0.15, -0.1) is 0 Å². The van der Waals surface area contributed by atoms with E-state index < -0.39 is 0 Å². The Morgan fingerprint density at radius 3 is 2.81 bits per heavy atom. The summed E-state index contributed by atoms with van der Waals surface area (Å²) in [7, 11) is 1.67. The molecule has 1 aromatic heterocycles. The van der Waals surface area contributed by atoms with Gasteiger partial charge in [-0.2, -0.15) is 5.10 Å². The molecule has 0 fully saturated rings. The molecule has 0 spiro atoms. The monoisotopic (exact) mass is 307 g/mol. The number of halogens is 1. The van der Waals surface area contributed by atoms with E-state index in [2.05, 4.69) is 18.1 Å². The topological polar surface area (TPSA) is 53.1 Å². The molecular weight excluding hydrogens is 286 g/mol. The number of hydrogen-bond donors (Lipinski definition) is 1. The number of benzene rings is 1. The standard InChI is InChI=1S/C16H22ClN3O/c1-4-20-15(16(17)11(2)19-20)10-13(18)8-12-6-5-7-14(9-12)21-3/h5-7,9,13H,4,8,10,18H2,1-3H3. The van der Waals surface area contributed by atoms with Gasteiger partial charge in [0, 0.05) is 19.0 Å². The van der Waals surface area contributed by atoms with Gasteiger partial charge >= 0.3 is 0 Å². The first-order valence-electron chi connectivity index (χ1n) is 7.15. The molecule has 1 heterocycles. The van der Waals surface area contributed by atoms with Crippen molar-refractivity contribution in [2.45, 2.75) is 39.3 Å². The van der Waals surface area contributed by atoms with Crippen molar-refractivity contribution in [1.29, 1.82) is 0 Å². The lowest BCUT2D eigenvalue weighted by atomic mass is 10.0. The number of rotatable bonds is 6. The fourth-order valence-electron chi connectivity index (χ4n) is 2.49. The summed E-state index contributed by atoms with van der Waals surface area (Å²) < 4.78 is 7.17. The van der Waals surface area contributed by atoms with Gasteiger partial charge in [-0.25, -0.2) is 0 Å². The first-order chi connectivity index (χ1) is 10.0. The minimum Gasteiger partial charge on any atom is -0.497 e. The number of nitrogens with zero attached hydrogens (tertiary/aromatic N) is 2. The molecule has 2 rings (SSSR count). The quantitative estimate of drug-likeness (QED) is 0.892. The average molecular weight is 308 g/mol. The maximum Gasteiger partial charge on any atom is 0.119 e. The van der Waals surface area contributed by atoms with Crippen LogP contribution in [0.3, 0.4) is 0 Å². The van der Waals surface area contributed by atoms with E-state index in [4.69, 9.17) is 22.1 Å². The lowest BCUT2D eigenvalue weighted by molar-refractivity contribution is 0.414. The van der Waals surface area contributed by atoms with Crippen LogP contribution in [-0.2, 0) is 19.4 Å². The van der Waals surface area contributed by atoms with E-state index in [0.717, 1.165) is 40.7 Å². The van der Waals surface area contributed by atoms with E-state index in [1.54, 1.807) is 7.11 Å². The second-order valence-corrected chi connectivity index (χ2v) is 5.56. The normalized spacial score (nSPS) is 12.4. The number of methoxy groups -OCH3 is 1. The van der Waals surface area contributed by atoms with Crippen LogP contribution in [0.4, 0.5) is 0 Å². The third-order valence-electron chi connectivity index (χ3n) is 3.54. The number of aromatic nitrogens is 2. The number of nitrogens with two attached hydrogens (primary N) is 1. The smallest absolute Gasteiger partial charge is 0.119 e. The largest absolute Gasteiger partial charge is 0.497 e. The zero-order valence-corrected chi connectivity index (χ0v) is 13.5. The van der Waals surface area contributed by atoms with Gasteiger partial charge in [-0.3, -0.25) is 4.68 Å². The van der Waals surface area contributed by atoms with Gasteiger partial charge in [0.15, 0.2) is 0 Å². The summed E-state index contributed by atoms with van der Waals surface area (Å²) in [6.07, 6.45) is 1.49. The van der Waals surface area contributed by atoms with Gasteiger partial charge in [0.2, 0.25) is 0 Å². The molecule has 1 aromatic carbocycles. The van der Waals surface area contributed by atoms with Crippen LogP contribution in [0, 0.1) is 6.92 Å². The lowest BCUT2D eigenvalue weighted by Crippen LogP contribution is -2.27. The van der Waals surface area contributed by atoms with E-state index in [1.165, 1.54) is 0 Å². The Kier molecular flexibility index (Phi) is 5.26. The summed E-state index contributed by atoms with van der Waals surface area (Å²) in [5, 5.41) is 5.16. The molecule has 0 saturated carbocycles.